The Bertz CT molecular complexity index is 190. The highest BCUT2D eigenvalue weighted by molar-refractivity contribution is 6.20. The van der Waals surface area contributed by atoms with Crippen molar-refractivity contribution in [2.45, 2.75) is 109 Å². The van der Waals surface area contributed by atoms with Crippen LogP contribution in [0.15, 0.2) is 0 Å². The molecule has 0 nitrogen and oxygen atoms in total. The highest BCUT2D eigenvalue weighted by Gasteiger charge is 2.22. The molecule has 0 radical (unpaired) electrons. The average Bonchev–Trinajstić information content (AvgIpc) is 2.43. The number of unbranched alkanes of at least 4 members (excludes halogenated alkanes) is 9. The molecule has 1 rings (SSSR count). The second-order valence-electron chi connectivity index (χ2n) is 6.53. The van der Waals surface area contributed by atoms with E-state index < -0.39 is 0 Å². The van der Waals surface area contributed by atoms with Gasteiger partial charge in [-0.2, -0.15) is 0 Å². The zero-order valence-corrected chi connectivity index (χ0v) is 13.9. The summed E-state index contributed by atoms with van der Waals surface area (Å²) < 4.78 is 0. The first-order chi connectivity index (χ1) is 9.34. The summed E-state index contributed by atoms with van der Waals surface area (Å²) in [5, 5.41) is 0.493. The van der Waals surface area contributed by atoms with Crippen molar-refractivity contribution in [2.75, 3.05) is 0 Å². The van der Waals surface area contributed by atoms with E-state index >= 15 is 0 Å². The minimum absolute atomic E-state index is 0.493. The van der Waals surface area contributed by atoms with Gasteiger partial charge in [-0.15, -0.1) is 11.6 Å². The van der Waals surface area contributed by atoms with E-state index in [1.807, 2.05) is 0 Å². The van der Waals surface area contributed by atoms with Crippen molar-refractivity contribution in [3.63, 3.8) is 0 Å². The average molecular weight is 287 g/mol. The summed E-state index contributed by atoms with van der Waals surface area (Å²) in [4.78, 5) is 0. The molecule has 0 aromatic carbocycles. The third-order valence-electron chi connectivity index (χ3n) is 4.74. The molecule has 1 aliphatic carbocycles. The zero-order valence-electron chi connectivity index (χ0n) is 13.1. The van der Waals surface area contributed by atoms with E-state index in [-0.39, 0.29) is 0 Å². The van der Waals surface area contributed by atoms with Crippen molar-refractivity contribution in [1.29, 1.82) is 0 Å². The van der Waals surface area contributed by atoms with Crippen LogP contribution in [0.3, 0.4) is 0 Å². The van der Waals surface area contributed by atoms with Gasteiger partial charge in [0, 0.05) is 5.38 Å². The van der Waals surface area contributed by atoms with Gasteiger partial charge < -0.3 is 0 Å². The Kier molecular flexibility index (Phi) is 11.0. The molecule has 1 fully saturated rings. The minimum atomic E-state index is 0.493. The van der Waals surface area contributed by atoms with Crippen LogP contribution in [-0.4, -0.2) is 5.38 Å². The van der Waals surface area contributed by atoms with Gasteiger partial charge in [0.25, 0.3) is 0 Å². The first-order valence-corrected chi connectivity index (χ1v) is 9.42. The standard InChI is InChI=1S/C18H35Cl/c1-2-3-4-5-6-7-8-9-10-11-14-17-15-12-13-16-18(17)19/h17-18H,2-16H2,1H3. The Hall–Kier alpha value is 0.290. The maximum atomic E-state index is 6.41. The van der Waals surface area contributed by atoms with Gasteiger partial charge in [-0.3, -0.25) is 0 Å². The topological polar surface area (TPSA) is 0 Å². The van der Waals surface area contributed by atoms with E-state index in [0.29, 0.717) is 5.38 Å². The normalized spacial score (nSPS) is 23.7. The lowest BCUT2D eigenvalue weighted by molar-refractivity contribution is 0.334. The third kappa shape index (κ3) is 8.95. The predicted octanol–water partition coefficient (Wildman–Crippen LogP) is 7.10. The molecule has 0 spiro atoms. The Morgan fingerprint density at radius 2 is 1.26 bits per heavy atom. The van der Waals surface area contributed by atoms with Gasteiger partial charge in [0.2, 0.25) is 0 Å². The van der Waals surface area contributed by atoms with E-state index in [2.05, 4.69) is 6.92 Å². The fraction of sp³-hybridized carbons (Fsp3) is 1.00. The Morgan fingerprint density at radius 3 is 1.84 bits per heavy atom. The van der Waals surface area contributed by atoms with Crippen LogP contribution in [0.1, 0.15) is 103 Å². The molecule has 0 aliphatic heterocycles. The number of hydrogen-bond donors (Lipinski definition) is 0. The minimum Gasteiger partial charge on any atom is -0.123 e. The Balaban J connectivity index is 1.80. The van der Waals surface area contributed by atoms with Crippen LogP contribution in [0.25, 0.3) is 0 Å². The fourth-order valence-corrected chi connectivity index (χ4v) is 3.79. The molecule has 1 saturated carbocycles. The molecule has 19 heavy (non-hydrogen) atoms. The van der Waals surface area contributed by atoms with Crippen molar-refractivity contribution >= 4 is 11.6 Å². The molecule has 0 heterocycles. The summed E-state index contributed by atoms with van der Waals surface area (Å²) >= 11 is 6.41. The summed E-state index contributed by atoms with van der Waals surface area (Å²) in [6.07, 6.45) is 21.3. The number of hydrogen-bond acceptors (Lipinski definition) is 0. The van der Waals surface area contributed by atoms with Crippen LogP contribution in [-0.2, 0) is 0 Å². The monoisotopic (exact) mass is 286 g/mol. The van der Waals surface area contributed by atoms with Crippen LogP contribution in [0, 0.1) is 5.92 Å². The lowest BCUT2D eigenvalue weighted by atomic mass is 9.85. The molecule has 0 bridgehead atoms. The van der Waals surface area contributed by atoms with Gasteiger partial charge in [-0.1, -0.05) is 84.0 Å². The van der Waals surface area contributed by atoms with Gasteiger partial charge in [0.05, 0.1) is 0 Å². The second-order valence-corrected chi connectivity index (χ2v) is 7.09. The smallest absolute Gasteiger partial charge is 0.0364 e. The number of alkyl halides is 1. The highest BCUT2D eigenvalue weighted by Crippen LogP contribution is 2.32. The summed E-state index contributed by atoms with van der Waals surface area (Å²) in [6, 6.07) is 0. The SMILES string of the molecule is CCCCCCCCCCCCC1CCCCC1Cl. The summed E-state index contributed by atoms with van der Waals surface area (Å²) in [5.74, 6) is 0.837. The molecular weight excluding hydrogens is 252 g/mol. The lowest BCUT2D eigenvalue weighted by Crippen LogP contribution is -2.19. The summed E-state index contributed by atoms with van der Waals surface area (Å²) in [6.45, 7) is 2.29. The molecule has 1 heteroatoms. The molecular formula is C18H35Cl. The van der Waals surface area contributed by atoms with Crippen molar-refractivity contribution < 1.29 is 0 Å². The van der Waals surface area contributed by atoms with Crippen molar-refractivity contribution in [3.8, 4) is 0 Å². The van der Waals surface area contributed by atoms with Crippen LogP contribution >= 0.6 is 11.6 Å². The maximum Gasteiger partial charge on any atom is 0.0364 e. The van der Waals surface area contributed by atoms with E-state index in [1.54, 1.807) is 0 Å². The quantitative estimate of drug-likeness (QED) is 0.281. The first kappa shape index (κ1) is 17.3. The zero-order chi connectivity index (χ0) is 13.8. The maximum absolute atomic E-state index is 6.41. The molecule has 1 aliphatic rings. The fourth-order valence-electron chi connectivity index (χ4n) is 3.38. The second kappa shape index (κ2) is 12.1. The van der Waals surface area contributed by atoms with Crippen LogP contribution in [0.5, 0.6) is 0 Å². The summed E-state index contributed by atoms with van der Waals surface area (Å²) in [5.41, 5.74) is 0. The highest BCUT2D eigenvalue weighted by atomic mass is 35.5. The molecule has 2 atom stereocenters. The molecule has 0 aromatic heterocycles. The van der Waals surface area contributed by atoms with E-state index in [9.17, 15) is 0 Å². The largest absolute Gasteiger partial charge is 0.123 e. The molecule has 0 aromatic rings. The van der Waals surface area contributed by atoms with Gasteiger partial charge in [-0.25, -0.2) is 0 Å². The van der Waals surface area contributed by atoms with Gasteiger partial charge >= 0.3 is 0 Å². The van der Waals surface area contributed by atoms with Crippen LogP contribution < -0.4 is 0 Å². The van der Waals surface area contributed by atoms with E-state index in [0.717, 1.165) is 5.92 Å². The Morgan fingerprint density at radius 1 is 0.737 bits per heavy atom. The molecule has 0 N–H and O–H groups in total. The Labute approximate surface area is 126 Å². The van der Waals surface area contributed by atoms with Crippen molar-refractivity contribution in [1.82, 2.24) is 0 Å². The molecule has 114 valence electrons. The first-order valence-electron chi connectivity index (χ1n) is 8.98. The third-order valence-corrected chi connectivity index (χ3v) is 5.32. The number of rotatable bonds is 11. The van der Waals surface area contributed by atoms with Crippen LogP contribution in [0.4, 0.5) is 0 Å². The van der Waals surface area contributed by atoms with Crippen molar-refractivity contribution in [3.05, 3.63) is 0 Å². The molecule has 0 amide bonds. The van der Waals surface area contributed by atoms with Gasteiger partial charge in [0.1, 0.15) is 0 Å². The van der Waals surface area contributed by atoms with Crippen LogP contribution in [0.2, 0.25) is 0 Å². The lowest BCUT2D eigenvalue weighted by Gasteiger charge is -2.26. The van der Waals surface area contributed by atoms with Crippen molar-refractivity contribution in [2.24, 2.45) is 5.92 Å². The van der Waals surface area contributed by atoms with E-state index in [4.69, 9.17) is 11.6 Å². The predicted molar refractivity (Wildman–Crippen MR) is 88.1 cm³/mol. The van der Waals surface area contributed by atoms with Gasteiger partial charge in [-0.05, 0) is 25.2 Å². The number of halogens is 1. The summed E-state index contributed by atoms with van der Waals surface area (Å²) in [7, 11) is 0. The van der Waals surface area contributed by atoms with Gasteiger partial charge in [0.15, 0.2) is 0 Å². The molecule has 0 saturated heterocycles. The van der Waals surface area contributed by atoms with E-state index in [1.165, 1.54) is 96.3 Å². The molecule has 2 unspecified atom stereocenters.